The molecule has 0 atom stereocenters. The summed E-state index contributed by atoms with van der Waals surface area (Å²) in [6.07, 6.45) is 0. The summed E-state index contributed by atoms with van der Waals surface area (Å²) in [6.45, 7) is 0. The fourth-order valence-corrected chi connectivity index (χ4v) is 6.12. The molecule has 0 heterocycles. The van der Waals surface area contributed by atoms with Crippen molar-refractivity contribution in [1.82, 2.24) is 0 Å². The summed E-state index contributed by atoms with van der Waals surface area (Å²) in [4.78, 5) is 0. The van der Waals surface area contributed by atoms with Gasteiger partial charge in [0.25, 0.3) is 0 Å². The molecule has 3 heteroatoms. The van der Waals surface area contributed by atoms with E-state index in [1.165, 1.54) is 15.9 Å². The van der Waals surface area contributed by atoms with Crippen molar-refractivity contribution < 1.29 is 0 Å². The van der Waals surface area contributed by atoms with Crippen LogP contribution < -0.4 is 15.9 Å². The zero-order chi connectivity index (χ0) is 14.5. The number of hydrogen-bond acceptors (Lipinski definition) is 1. The summed E-state index contributed by atoms with van der Waals surface area (Å²) >= 11 is 0. The molecule has 0 unspecified atom stereocenters. The van der Waals surface area contributed by atoms with Crippen LogP contribution in [0.4, 0.5) is 0 Å². The highest BCUT2D eigenvalue weighted by Gasteiger charge is 2.25. The Hall–Kier alpha value is -1.82. The molecule has 0 saturated heterocycles. The van der Waals surface area contributed by atoms with E-state index < -0.39 is 7.05 Å². The Morgan fingerprint density at radius 2 is 0.818 bits per heavy atom. The molecule has 3 aromatic rings. The molecular weight excluding hydrogens is 309 g/mol. The highest BCUT2D eigenvalue weighted by molar-refractivity contribution is 7.87. The molecule has 0 aromatic heterocycles. The van der Waals surface area contributed by atoms with Gasteiger partial charge in [-0.15, -0.1) is 12.4 Å². The van der Waals surface area contributed by atoms with Gasteiger partial charge < -0.3 is 0 Å². The Kier molecular flexibility index (Phi) is 5.60. The molecule has 0 aliphatic carbocycles. The molecule has 0 fully saturated rings. The predicted octanol–water partition coefficient (Wildman–Crippen LogP) is 4.22. The largest absolute Gasteiger partial charge is 0.293 e. The lowest BCUT2D eigenvalue weighted by Gasteiger charge is -2.26. The highest BCUT2D eigenvalue weighted by atomic mass is 35.5. The van der Waals surface area contributed by atoms with E-state index in [0.29, 0.717) is 0 Å². The van der Waals surface area contributed by atoms with Gasteiger partial charge >= 0.3 is 0 Å². The summed E-state index contributed by atoms with van der Waals surface area (Å²) in [6, 6.07) is 31.9. The Morgan fingerprint density at radius 3 is 1.05 bits per heavy atom. The van der Waals surface area contributed by atoms with E-state index in [4.69, 9.17) is 4.74 Å². The standard InChI is InChI=1S/C19H18NP.ClH/c1-20-21(17-11-5-2-6-12-17,18-13-7-3-8-14-18)19-15-9-4-10-16-19;/h2-16H,1H3;1H. The van der Waals surface area contributed by atoms with Gasteiger partial charge in [0.1, 0.15) is 0 Å². The molecule has 112 valence electrons. The van der Waals surface area contributed by atoms with Crippen LogP contribution in [-0.2, 0) is 0 Å². The van der Waals surface area contributed by atoms with E-state index >= 15 is 0 Å². The van der Waals surface area contributed by atoms with Gasteiger partial charge in [-0.05, 0) is 0 Å². The third-order valence-corrected chi connectivity index (χ3v) is 7.43. The van der Waals surface area contributed by atoms with Crippen molar-refractivity contribution in [3.05, 3.63) is 91.0 Å². The number of nitrogens with zero attached hydrogens (tertiary/aromatic N) is 1. The van der Waals surface area contributed by atoms with Crippen molar-refractivity contribution in [2.45, 2.75) is 0 Å². The van der Waals surface area contributed by atoms with Crippen molar-refractivity contribution in [3.8, 4) is 0 Å². The minimum absolute atomic E-state index is 0. The van der Waals surface area contributed by atoms with Gasteiger partial charge in [-0.2, -0.15) is 0 Å². The van der Waals surface area contributed by atoms with Crippen LogP contribution in [0.5, 0.6) is 0 Å². The molecule has 0 spiro atoms. The third kappa shape index (κ3) is 2.88. The molecule has 1 nitrogen and oxygen atoms in total. The van der Waals surface area contributed by atoms with E-state index in [1.807, 2.05) is 7.05 Å². The first-order valence-corrected chi connectivity index (χ1v) is 8.79. The van der Waals surface area contributed by atoms with E-state index in [-0.39, 0.29) is 12.4 Å². The first kappa shape index (κ1) is 16.5. The number of benzene rings is 3. The van der Waals surface area contributed by atoms with Gasteiger partial charge in [-0.3, -0.25) is 4.74 Å². The van der Waals surface area contributed by atoms with Crippen LogP contribution in [0.15, 0.2) is 95.7 Å². The van der Waals surface area contributed by atoms with Crippen LogP contribution >= 0.6 is 19.5 Å². The van der Waals surface area contributed by atoms with Crippen LogP contribution in [0, 0.1) is 0 Å². The minimum atomic E-state index is -1.91. The molecule has 3 aromatic carbocycles. The van der Waals surface area contributed by atoms with Gasteiger partial charge in [0.15, 0.2) is 0 Å². The van der Waals surface area contributed by atoms with Crippen molar-refractivity contribution >= 4 is 35.4 Å². The van der Waals surface area contributed by atoms with Gasteiger partial charge in [0.2, 0.25) is 0 Å². The normalized spacial score (nSPS) is 10.6. The number of rotatable bonds is 3. The third-order valence-electron chi connectivity index (χ3n) is 3.69. The van der Waals surface area contributed by atoms with E-state index in [2.05, 4.69) is 91.0 Å². The molecule has 0 radical (unpaired) electrons. The van der Waals surface area contributed by atoms with Crippen LogP contribution in [-0.4, -0.2) is 7.05 Å². The lowest BCUT2D eigenvalue weighted by Crippen LogP contribution is -2.25. The first-order chi connectivity index (χ1) is 10.4. The topological polar surface area (TPSA) is 12.4 Å². The minimum Gasteiger partial charge on any atom is -0.293 e. The van der Waals surface area contributed by atoms with Crippen molar-refractivity contribution in [2.24, 2.45) is 4.74 Å². The van der Waals surface area contributed by atoms with Crippen molar-refractivity contribution in [2.75, 3.05) is 7.05 Å². The van der Waals surface area contributed by atoms with Crippen LogP contribution in [0.1, 0.15) is 0 Å². The Morgan fingerprint density at radius 1 is 0.545 bits per heavy atom. The maximum atomic E-state index is 4.94. The monoisotopic (exact) mass is 327 g/mol. The predicted molar refractivity (Wildman–Crippen MR) is 101 cm³/mol. The maximum Gasteiger partial charge on any atom is 0.0543 e. The van der Waals surface area contributed by atoms with E-state index in [0.717, 1.165) is 0 Å². The average molecular weight is 328 g/mol. The molecule has 0 aliphatic heterocycles. The summed E-state index contributed by atoms with van der Waals surface area (Å²) in [7, 11) is 0.0361. The lowest BCUT2D eigenvalue weighted by molar-refractivity contribution is 1.49. The zero-order valence-corrected chi connectivity index (χ0v) is 14.2. The van der Waals surface area contributed by atoms with Gasteiger partial charge in [0, 0.05) is 23.0 Å². The van der Waals surface area contributed by atoms with Gasteiger partial charge in [-0.25, -0.2) is 0 Å². The second-order valence-corrected chi connectivity index (χ2v) is 8.06. The SMILES string of the molecule is CN=P(c1ccccc1)(c1ccccc1)c1ccccc1.Cl. The van der Waals surface area contributed by atoms with Crippen LogP contribution in [0.2, 0.25) is 0 Å². The Bertz CT molecular complexity index is 652. The molecule has 0 amide bonds. The van der Waals surface area contributed by atoms with Gasteiger partial charge in [-0.1, -0.05) is 91.0 Å². The molecule has 0 bridgehead atoms. The molecule has 22 heavy (non-hydrogen) atoms. The number of halogens is 1. The first-order valence-electron chi connectivity index (χ1n) is 7.05. The van der Waals surface area contributed by atoms with Crippen molar-refractivity contribution in [3.63, 3.8) is 0 Å². The second-order valence-electron chi connectivity index (χ2n) is 4.84. The van der Waals surface area contributed by atoms with E-state index in [1.54, 1.807) is 0 Å². The molecule has 0 saturated carbocycles. The second kappa shape index (κ2) is 7.45. The molecule has 0 N–H and O–H groups in total. The molecule has 0 aliphatic rings. The quantitative estimate of drug-likeness (QED) is 0.639. The summed E-state index contributed by atoms with van der Waals surface area (Å²) < 4.78 is 4.94. The Balaban J connectivity index is 0.00000176. The highest BCUT2D eigenvalue weighted by Crippen LogP contribution is 2.45. The summed E-state index contributed by atoms with van der Waals surface area (Å²) in [5.41, 5.74) is 0. The lowest BCUT2D eigenvalue weighted by atomic mass is 10.4. The summed E-state index contributed by atoms with van der Waals surface area (Å²) in [5, 5.41) is 3.89. The zero-order valence-electron chi connectivity index (χ0n) is 12.5. The fourth-order valence-electron chi connectivity index (χ4n) is 2.72. The van der Waals surface area contributed by atoms with E-state index in [9.17, 15) is 0 Å². The van der Waals surface area contributed by atoms with Gasteiger partial charge in [0.05, 0.1) is 7.05 Å². The van der Waals surface area contributed by atoms with Crippen LogP contribution in [0.25, 0.3) is 0 Å². The molecule has 3 rings (SSSR count). The average Bonchev–Trinajstić information content (AvgIpc) is 2.59. The fraction of sp³-hybridized carbons (Fsp3) is 0.0526. The summed E-state index contributed by atoms with van der Waals surface area (Å²) in [5.74, 6) is 0. The Labute approximate surface area is 138 Å². The molecular formula is C19H19ClNP. The number of hydrogen-bond donors (Lipinski definition) is 0. The maximum absolute atomic E-state index is 4.94. The van der Waals surface area contributed by atoms with Crippen molar-refractivity contribution in [1.29, 1.82) is 0 Å². The van der Waals surface area contributed by atoms with Crippen LogP contribution in [0.3, 0.4) is 0 Å². The smallest absolute Gasteiger partial charge is 0.0543 e.